The minimum Gasteiger partial charge on any atom is -0.484 e. The lowest BCUT2D eigenvalue weighted by molar-refractivity contribution is -0.123. The molecule has 3 rings (SSSR count). The van der Waals surface area contributed by atoms with Crippen LogP contribution in [-0.4, -0.2) is 30.6 Å². The molecule has 0 bridgehead atoms. The van der Waals surface area contributed by atoms with E-state index in [0.717, 1.165) is 0 Å². The van der Waals surface area contributed by atoms with E-state index in [-0.39, 0.29) is 29.0 Å². The first-order chi connectivity index (χ1) is 14.8. The van der Waals surface area contributed by atoms with Gasteiger partial charge in [-0.2, -0.15) is 0 Å². The van der Waals surface area contributed by atoms with Gasteiger partial charge in [0, 0.05) is 19.3 Å². The average molecular weight is 443 g/mol. The van der Waals surface area contributed by atoms with Gasteiger partial charge in [-0.25, -0.2) is 4.98 Å². The molecule has 3 N–H and O–H groups in total. The average Bonchev–Trinajstić information content (AvgIpc) is 2.77. The number of para-hydroxylation sites is 1. The summed E-state index contributed by atoms with van der Waals surface area (Å²) in [5.41, 5.74) is -0.840. The molecule has 0 spiro atoms. The van der Waals surface area contributed by atoms with Crippen LogP contribution in [0.4, 0.5) is 17.1 Å². The summed E-state index contributed by atoms with van der Waals surface area (Å²) in [5, 5.41) is 8.89. The molecule has 0 atom stereocenters. The highest BCUT2D eigenvalue weighted by atomic mass is 35.5. The fourth-order valence-electron chi connectivity index (χ4n) is 2.74. The van der Waals surface area contributed by atoms with E-state index in [1.165, 1.54) is 6.20 Å². The lowest BCUT2D eigenvalue weighted by Crippen LogP contribution is -2.42. The van der Waals surface area contributed by atoms with Gasteiger partial charge < -0.3 is 20.7 Å². The lowest BCUT2D eigenvalue weighted by Gasteiger charge is -2.27. The van der Waals surface area contributed by atoms with Crippen molar-refractivity contribution in [2.24, 2.45) is 5.41 Å². The van der Waals surface area contributed by atoms with Crippen molar-refractivity contribution < 1.29 is 9.53 Å². The van der Waals surface area contributed by atoms with Gasteiger partial charge in [-0.3, -0.25) is 14.4 Å². The van der Waals surface area contributed by atoms with Gasteiger partial charge in [-0.15, -0.1) is 0 Å². The number of carbonyl (C=O) groups is 1. The zero-order chi connectivity index (χ0) is 22.4. The van der Waals surface area contributed by atoms with Gasteiger partial charge in [0.2, 0.25) is 0 Å². The molecule has 0 radical (unpaired) electrons. The number of amides is 1. The van der Waals surface area contributed by atoms with E-state index in [9.17, 15) is 14.4 Å². The molecular formula is C22H23ClN4O4. The van der Waals surface area contributed by atoms with Crippen molar-refractivity contribution in [2.45, 2.75) is 13.8 Å². The molecule has 2 aromatic carbocycles. The van der Waals surface area contributed by atoms with Gasteiger partial charge in [0.05, 0.1) is 5.69 Å². The number of carbonyl (C=O) groups excluding carboxylic acids is 1. The molecule has 0 fully saturated rings. The predicted molar refractivity (Wildman–Crippen MR) is 121 cm³/mol. The summed E-state index contributed by atoms with van der Waals surface area (Å²) < 4.78 is 5.42. The Morgan fingerprint density at radius 3 is 2.45 bits per heavy atom. The molecule has 1 heterocycles. The molecule has 0 saturated carbocycles. The summed E-state index contributed by atoms with van der Waals surface area (Å²) in [4.78, 5) is 40.0. The van der Waals surface area contributed by atoms with E-state index in [0.29, 0.717) is 24.5 Å². The highest BCUT2D eigenvalue weighted by Crippen LogP contribution is 2.26. The van der Waals surface area contributed by atoms with E-state index < -0.39 is 16.3 Å². The number of nitrogens with one attached hydrogen (secondary N) is 3. The van der Waals surface area contributed by atoms with Crippen LogP contribution < -0.4 is 31.5 Å². The van der Waals surface area contributed by atoms with Crippen molar-refractivity contribution in [1.82, 2.24) is 10.3 Å². The number of ether oxygens (including phenoxy) is 1. The Labute approximate surface area is 184 Å². The number of pyridine rings is 1. The van der Waals surface area contributed by atoms with E-state index in [1.807, 2.05) is 32.0 Å². The number of nitrogens with zero attached hydrogens (tertiary/aromatic N) is 1. The van der Waals surface area contributed by atoms with Crippen LogP contribution in [0.2, 0.25) is 5.15 Å². The highest BCUT2D eigenvalue weighted by molar-refractivity contribution is 6.32. The SMILES string of the molecule is CC(C)(CNC(=O)COc1ccccc1)CNc1c(Nc2cccnc2Cl)c(=O)c1=O. The van der Waals surface area contributed by atoms with Crippen LogP contribution in [0.3, 0.4) is 0 Å². The van der Waals surface area contributed by atoms with E-state index in [2.05, 4.69) is 20.9 Å². The molecule has 0 aliphatic heterocycles. The third-order valence-electron chi connectivity index (χ3n) is 4.55. The predicted octanol–water partition coefficient (Wildman–Crippen LogP) is 2.71. The largest absolute Gasteiger partial charge is 0.484 e. The Morgan fingerprint density at radius 1 is 1.03 bits per heavy atom. The minimum atomic E-state index is -0.619. The van der Waals surface area contributed by atoms with E-state index >= 15 is 0 Å². The van der Waals surface area contributed by atoms with Crippen LogP contribution >= 0.6 is 11.6 Å². The lowest BCUT2D eigenvalue weighted by atomic mass is 9.93. The van der Waals surface area contributed by atoms with Crippen LogP contribution in [0.15, 0.2) is 58.3 Å². The Morgan fingerprint density at radius 2 is 1.74 bits per heavy atom. The maximum absolute atomic E-state index is 12.1. The zero-order valence-corrected chi connectivity index (χ0v) is 18.0. The number of halogens is 1. The van der Waals surface area contributed by atoms with E-state index in [1.54, 1.807) is 24.3 Å². The van der Waals surface area contributed by atoms with Gasteiger partial charge in [0.15, 0.2) is 11.8 Å². The highest BCUT2D eigenvalue weighted by Gasteiger charge is 2.25. The Balaban J connectivity index is 1.51. The van der Waals surface area contributed by atoms with Gasteiger partial charge >= 0.3 is 0 Å². The standard InChI is InChI=1S/C22H23ClN4O4/c1-22(2,12-25-16(28)11-31-14-7-4-3-5-8-14)13-26-17-18(20(30)19(17)29)27-15-9-6-10-24-21(15)23/h3-10,26-27H,11-13H2,1-2H3,(H,25,28). The molecule has 0 unspecified atom stereocenters. The summed E-state index contributed by atoms with van der Waals surface area (Å²) in [6.07, 6.45) is 1.52. The molecule has 8 nitrogen and oxygen atoms in total. The first-order valence-corrected chi connectivity index (χ1v) is 10.0. The summed E-state index contributed by atoms with van der Waals surface area (Å²) in [7, 11) is 0. The summed E-state index contributed by atoms with van der Waals surface area (Å²) >= 11 is 6.00. The maximum atomic E-state index is 12.1. The molecule has 1 aromatic heterocycles. The third kappa shape index (κ3) is 5.82. The fraction of sp³-hybridized carbons (Fsp3) is 0.273. The second kappa shape index (κ2) is 9.61. The number of anilines is 3. The Bertz CT molecular complexity index is 1120. The first kappa shape index (κ1) is 22.3. The van der Waals surface area contributed by atoms with Crippen molar-refractivity contribution >= 4 is 34.6 Å². The fourth-order valence-corrected chi connectivity index (χ4v) is 2.90. The van der Waals surface area contributed by atoms with Crippen LogP contribution in [0.5, 0.6) is 5.75 Å². The Hall–Kier alpha value is -3.39. The number of hydrogen-bond acceptors (Lipinski definition) is 7. The quantitative estimate of drug-likeness (QED) is 0.327. The van der Waals surface area contributed by atoms with Gasteiger partial charge in [0.1, 0.15) is 17.1 Å². The van der Waals surface area contributed by atoms with Crippen molar-refractivity contribution in [3.05, 3.63) is 74.3 Å². The number of aromatic nitrogens is 1. The minimum absolute atomic E-state index is 0.0917. The number of rotatable bonds is 10. The topological polar surface area (TPSA) is 109 Å². The van der Waals surface area contributed by atoms with E-state index in [4.69, 9.17) is 16.3 Å². The van der Waals surface area contributed by atoms with Gasteiger partial charge in [-0.05, 0) is 29.7 Å². The second-order valence-electron chi connectivity index (χ2n) is 7.77. The molecule has 9 heteroatoms. The van der Waals surface area contributed by atoms with Crippen LogP contribution in [0.1, 0.15) is 13.8 Å². The van der Waals surface area contributed by atoms with Gasteiger partial charge in [0.25, 0.3) is 16.8 Å². The molecule has 162 valence electrons. The summed E-state index contributed by atoms with van der Waals surface area (Å²) in [6, 6.07) is 12.4. The first-order valence-electron chi connectivity index (χ1n) is 9.66. The summed E-state index contributed by atoms with van der Waals surface area (Å²) in [6.45, 7) is 4.46. The molecule has 1 amide bonds. The second-order valence-corrected chi connectivity index (χ2v) is 8.13. The monoisotopic (exact) mass is 442 g/mol. The molecule has 0 aliphatic rings. The van der Waals surface area contributed by atoms with Crippen molar-refractivity contribution in [1.29, 1.82) is 0 Å². The van der Waals surface area contributed by atoms with Crippen molar-refractivity contribution in [3.63, 3.8) is 0 Å². The normalized spacial score (nSPS) is 11.2. The zero-order valence-electron chi connectivity index (χ0n) is 17.2. The maximum Gasteiger partial charge on any atom is 0.257 e. The third-order valence-corrected chi connectivity index (χ3v) is 4.85. The Kier molecular flexibility index (Phi) is 6.91. The number of hydrogen-bond donors (Lipinski definition) is 3. The number of benzene rings is 1. The van der Waals surface area contributed by atoms with Crippen LogP contribution in [0.25, 0.3) is 0 Å². The smallest absolute Gasteiger partial charge is 0.257 e. The van der Waals surface area contributed by atoms with Crippen LogP contribution in [-0.2, 0) is 4.79 Å². The summed E-state index contributed by atoms with van der Waals surface area (Å²) in [5.74, 6) is 0.368. The molecule has 0 saturated heterocycles. The van der Waals surface area contributed by atoms with Gasteiger partial charge in [-0.1, -0.05) is 43.6 Å². The van der Waals surface area contributed by atoms with Crippen molar-refractivity contribution in [2.75, 3.05) is 30.3 Å². The van der Waals surface area contributed by atoms with Crippen LogP contribution in [0, 0.1) is 5.41 Å². The van der Waals surface area contributed by atoms with Crippen molar-refractivity contribution in [3.8, 4) is 5.75 Å². The molecule has 0 aliphatic carbocycles. The molecule has 31 heavy (non-hydrogen) atoms. The molecule has 3 aromatic rings. The molecular weight excluding hydrogens is 420 g/mol.